The van der Waals surface area contributed by atoms with Crippen molar-refractivity contribution in [1.82, 2.24) is 24.5 Å². The number of para-hydroxylation sites is 1. The quantitative estimate of drug-likeness (QED) is 0.398. The first-order valence-electron chi connectivity index (χ1n) is 10.6. The Morgan fingerprint density at radius 1 is 1.09 bits per heavy atom. The topological polar surface area (TPSA) is 131 Å². The molecule has 0 radical (unpaired) electrons. The van der Waals surface area contributed by atoms with Gasteiger partial charge >= 0.3 is 0 Å². The molecule has 1 fully saturated rings. The number of nitrogens with zero attached hydrogens (tertiary/aromatic N) is 4. The van der Waals surface area contributed by atoms with Gasteiger partial charge in [-0.05, 0) is 37.3 Å². The van der Waals surface area contributed by atoms with Crippen molar-refractivity contribution in [2.24, 2.45) is 0 Å². The van der Waals surface area contributed by atoms with Gasteiger partial charge in [0, 0.05) is 18.7 Å². The summed E-state index contributed by atoms with van der Waals surface area (Å²) in [4.78, 5) is 19.9. The molecular weight excluding hydrogens is 478 g/mol. The zero-order chi connectivity index (χ0) is 23.7. The zero-order valence-corrected chi connectivity index (χ0v) is 19.8. The fourth-order valence-corrected chi connectivity index (χ4v) is 5.80. The highest BCUT2D eigenvalue weighted by Gasteiger charge is 2.27. The van der Waals surface area contributed by atoms with Gasteiger partial charge in [0.05, 0.1) is 34.3 Å². The van der Waals surface area contributed by atoms with Gasteiger partial charge in [0.1, 0.15) is 5.82 Å². The van der Waals surface area contributed by atoms with Crippen LogP contribution in [0.5, 0.6) is 0 Å². The normalized spacial score (nSPS) is 16.0. The fourth-order valence-electron chi connectivity index (χ4n) is 3.60. The molecule has 0 bridgehead atoms. The average Bonchev–Trinajstić information content (AvgIpc) is 3.33. The molecule has 0 saturated carbocycles. The van der Waals surface area contributed by atoms with Crippen LogP contribution in [0.25, 0.3) is 22.4 Å². The van der Waals surface area contributed by atoms with Crippen LogP contribution in [-0.2, 0) is 14.8 Å². The molecule has 2 aromatic heterocycles. The van der Waals surface area contributed by atoms with E-state index in [1.54, 1.807) is 36.4 Å². The van der Waals surface area contributed by atoms with Crippen molar-refractivity contribution in [3.8, 4) is 11.5 Å². The predicted octanol–water partition coefficient (Wildman–Crippen LogP) is 2.85. The number of nitrogens with one attached hydrogen (secondary N) is 1. The Balaban J connectivity index is 1.36. The van der Waals surface area contributed by atoms with Crippen molar-refractivity contribution >= 4 is 32.7 Å². The lowest BCUT2D eigenvalue weighted by Gasteiger charge is -2.26. The summed E-state index contributed by atoms with van der Waals surface area (Å²) in [6.07, 6.45) is 0. The van der Waals surface area contributed by atoms with Crippen LogP contribution < -0.4 is 5.56 Å². The van der Waals surface area contributed by atoms with Crippen molar-refractivity contribution < 1.29 is 17.6 Å². The van der Waals surface area contributed by atoms with Gasteiger partial charge in [-0.15, -0.1) is 10.2 Å². The first-order valence-corrected chi connectivity index (χ1v) is 12.9. The molecule has 1 atom stereocenters. The maximum atomic E-state index is 13.0. The van der Waals surface area contributed by atoms with Crippen LogP contribution in [-0.4, -0.2) is 59.2 Å². The highest BCUT2D eigenvalue weighted by atomic mass is 32.2. The summed E-state index contributed by atoms with van der Waals surface area (Å²) in [6.45, 7) is 3.25. The van der Waals surface area contributed by atoms with E-state index in [2.05, 4.69) is 20.2 Å². The summed E-state index contributed by atoms with van der Waals surface area (Å²) < 4.78 is 38.4. The average molecular weight is 500 g/mol. The molecule has 2 aromatic carbocycles. The summed E-state index contributed by atoms with van der Waals surface area (Å²) in [5, 5.41) is 8.69. The molecule has 0 unspecified atom stereocenters. The van der Waals surface area contributed by atoms with Crippen LogP contribution in [0.2, 0.25) is 0 Å². The van der Waals surface area contributed by atoms with E-state index in [0.717, 1.165) is 0 Å². The van der Waals surface area contributed by atoms with Crippen LogP contribution >= 0.6 is 11.8 Å². The van der Waals surface area contributed by atoms with E-state index in [9.17, 15) is 13.2 Å². The van der Waals surface area contributed by atoms with E-state index in [0.29, 0.717) is 48.6 Å². The minimum atomic E-state index is -3.65. The largest absolute Gasteiger partial charge is 0.411 e. The summed E-state index contributed by atoms with van der Waals surface area (Å²) in [7, 11) is -3.65. The number of hydrogen-bond donors (Lipinski definition) is 1. The number of aromatic nitrogens is 4. The lowest BCUT2D eigenvalue weighted by molar-refractivity contribution is 0.0730. The summed E-state index contributed by atoms with van der Waals surface area (Å²) in [6, 6.07) is 13.6. The van der Waals surface area contributed by atoms with Gasteiger partial charge < -0.3 is 14.1 Å². The van der Waals surface area contributed by atoms with Crippen molar-refractivity contribution in [2.45, 2.75) is 22.3 Å². The third kappa shape index (κ3) is 4.49. The monoisotopic (exact) mass is 499 g/mol. The Labute approximate surface area is 199 Å². The van der Waals surface area contributed by atoms with E-state index in [1.807, 2.05) is 13.0 Å². The number of hydrogen-bond acceptors (Lipinski definition) is 9. The second kappa shape index (κ2) is 9.29. The van der Waals surface area contributed by atoms with Crippen molar-refractivity contribution in [2.75, 3.05) is 26.3 Å². The van der Waals surface area contributed by atoms with Gasteiger partial charge in [0.25, 0.3) is 10.8 Å². The molecule has 3 heterocycles. The van der Waals surface area contributed by atoms with Crippen LogP contribution in [0.1, 0.15) is 18.0 Å². The number of sulfonamides is 1. The smallest absolute Gasteiger partial charge is 0.277 e. The molecule has 1 aliphatic rings. The van der Waals surface area contributed by atoms with Crippen molar-refractivity contribution in [3.63, 3.8) is 0 Å². The summed E-state index contributed by atoms with van der Waals surface area (Å²) in [5.74, 6) is 0.695. The van der Waals surface area contributed by atoms with E-state index in [4.69, 9.17) is 9.15 Å². The standard InChI is InChI=1S/C22H21N5O5S2/c1-14(19-23-18-8-3-2-7-17(18)20(28)24-19)33-22-26-25-21(32-22)15-5-4-6-16(13-15)34(29,30)27-9-11-31-12-10-27/h2-8,13-14H,9-12H2,1H3,(H,23,24,28)/t14-/m1/s1. The minimum Gasteiger partial charge on any atom is -0.411 e. The van der Waals surface area contributed by atoms with E-state index >= 15 is 0 Å². The molecule has 0 amide bonds. The van der Waals surface area contributed by atoms with Gasteiger partial charge in [-0.1, -0.05) is 30.0 Å². The van der Waals surface area contributed by atoms with E-state index in [-0.39, 0.29) is 26.8 Å². The number of H-pyrrole nitrogens is 1. The Bertz CT molecular complexity index is 1490. The third-order valence-corrected chi connectivity index (χ3v) is 8.23. The molecule has 0 aliphatic carbocycles. The van der Waals surface area contributed by atoms with Crippen LogP contribution in [0, 0.1) is 0 Å². The van der Waals surface area contributed by atoms with Gasteiger partial charge in [-0.25, -0.2) is 13.4 Å². The number of morpholine rings is 1. The maximum Gasteiger partial charge on any atom is 0.277 e. The van der Waals surface area contributed by atoms with Gasteiger partial charge in [-0.2, -0.15) is 4.31 Å². The molecule has 1 N–H and O–H groups in total. The van der Waals surface area contributed by atoms with Crippen molar-refractivity contribution in [3.05, 3.63) is 64.7 Å². The number of fused-ring (bicyclic) bond motifs is 1. The van der Waals surface area contributed by atoms with Crippen LogP contribution in [0.4, 0.5) is 0 Å². The zero-order valence-electron chi connectivity index (χ0n) is 18.2. The van der Waals surface area contributed by atoms with Crippen LogP contribution in [0.15, 0.2) is 67.9 Å². The minimum absolute atomic E-state index is 0.158. The Morgan fingerprint density at radius 2 is 1.88 bits per heavy atom. The fraction of sp³-hybridized carbons (Fsp3) is 0.273. The molecule has 34 heavy (non-hydrogen) atoms. The number of benzene rings is 2. The molecule has 1 saturated heterocycles. The molecule has 4 aromatic rings. The molecule has 5 rings (SSSR count). The molecule has 10 nitrogen and oxygen atoms in total. The number of rotatable bonds is 6. The first-order chi connectivity index (χ1) is 16.4. The second-order valence-corrected chi connectivity index (χ2v) is 10.9. The van der Waals surface area contributed by atoms with E-state index in [1.165, 1.54) is 22.1 Å². The van der Waals surface area contributed by atoms with E-state index < -0.39 is 10.0 Å². The number of thioether (sulfide) groups is 1. The van der Waals surface area contributed by atoms with Gasteiger partial charge in [-0.3, -0.25) is 4.79 Å². The Morgan fingerprint density at radius 3 is 2.71 bits per heavy atom. The Kier molecular flexibility index (Phi) is 6.21. The SMILES string of the molecule is C[C@@H](Sc1nnc(-c2cccc(S(=O)(=O)N3CCOCC3)c2)o1)c1nc2ccccc2c(=O)[nH]1. The Hall–Kier alpha value is -3.06. The summed E-state index contributed by atoms with van der Waals surface area (Å²) >= 11 is 1.25. The first kappa shape index (κ1) is 22.7. The molecule has 1 aliphatic heterocycles. The van der Waals surface area contributed by atoms with Crippen LogP contribution in [0.3, 0.4) is 0 Å². The van der Waals surface area contributed by atoms with Crippen molar-refractivity contribution in [1.29, 1.82) is 0 Å². The molecule has 176 valence electrons. The van der Waals surface area contributed by atoms with Gasteiger partial charge in [0.15, 0.2) is 0 Å². The summed E-state index contributed by atoms with van der Waals surface area (Å²) in [5.41, 5.74) is 0.898. The molecular formula is C22H21N5O5S2. The second-order valence-electron chi connectivity index (χ2n) is 7.65. The predicted molar refractivity (Wildman–Crippen MR) is 126 cm³/mol. The lowest BCUT2D eigenvalue weighted by Crippen LogP contribution is -2.40. The lowest BCUT2D eigenvalue weighted by atomic mass is 10.2. The molecule has 12 heteroatoms. The third-order valence-electron chi connectivity index (χ3n) is 5.39. The number of ether oxygens (including phenoxy) is 1. The maximum absolute atomic E-state index is 13.0. The highest BCUT2D eigenvalue weighted by Crippen LogP contribution is 2.34. The van der Waals surface area contributed by atoms with Gasteiger partial charge in [0.2, 0.25) is 15.9 Å². The molecule has 0 spiro atoms. The highest BCUT2D eigenvalue weighted by molar-refractivity contribution is 7.99. The number of aromatic amines is 1.